The highest BCUT2D eigenvalue weighted by Crippen LogP contribution is 2.34. The molecule has 1 aliphatic rings. The molecule has 0 fully saturated rings. The number of fused-ring (bicyclic) bond motifs is 1. The monoisotopic (exact) mass is 480 g/mol. The van der Waals surface area contributed by atoms with Gasteiger partial charge in [0.15, 0.2) is 0 Å². The van der Waals surface area contributed by atoms with Crippen LogP contribution in [0.3, 0.4) is 0 Å². The van der Waals surface area contributed by atoms with Crippen LogP contribution in [0.2, 0.25) is 0 Å². The van der Waals surface area contributed by atoms with Crippen molar-refractivity contribution in [2.75, 3.05) is 19.7 Å². The van der Waals surface area contributed by atoms with Crippen molar-refractivity contribution in [2.45, 2.75) is 38.8 Å². The van der Waals surface area contributed by atoms with Crippen LogP contribution in [0.5, 0.6) is 5.75 Å². The number of carbonyl (C=O) groups is 2. The Kier molecular flexibility index (Phi) is 7.63. The SMILES string of the molecule is CC(C)N(CC(=O)N1CCc2sccc2C1COc1ccc(F)cc1)C(=O)Cc1ccccc1. The summed E-state index contributed by atoms with van der Waals surface area (Å²) in [6.45, 7) is 4.72. The normalized spacial score (nSPS) is 15.2. The maximum Gasteiger partial charge on any atom is 0.242 e. The summed E-state index contributed by atoms with van der Waals surface area (Å²) in [5.74, 6) is 0.0652. The summed E-state index contributed by atoms with van der Waals surface area (Å²) in [4.78, 5) is 31.3. The van der Waals surface area contributed by atoms with Crippen LogP contribution in [-0.4, -0.2) is 47.4 Å². The van der Waals surface area contributed by atoms with Crippen molar-refractivity contribution in [1.82, 2.24) is 9.80 Å². The summed E-state index contributed by atoms with van der Waals surface area (Å²) in [5.41, 5.74) is 2.01. The quantitative estimate of drug-likeness (QED) is 0.462. The van der Waals surface area contributed by atoms with E-state index in [9.17, 15) is 14.0 Å². The van der Waals surface area contributed by atoms with E-state index >= 15 is 0 Å². The average molecular weight is 481 g/mol. The van der Waals surface area contributed by atoms with Gasteiger partial charge >= 0.3 is 0 Å². The van der Waals surface area contributed by atoms with E-state index in [1.807, 2.05) is 60.5 Å². The van der Waals surface area contributed by atoms with Crippen LogP contribution in [0.4, 0.5) is 4.39 Å². The van der Waals surface area contributed by atoms with Gasteiger partial charge in [-0.2, -0.15) is 0 Å². The van der Waals surface area contributed by atoms with Crippen molar-refractivity contribution in [3.63, 3.8) is 0 Å². The van der Waals surface area contributed by atoms with E-state index in [0.717, 1.165) is 17.5 Å². The fourth-order valence-electron chi connectivity index (χ4n) is 4.25. The molecule has 1 unspecified atom stereocenters. The zero-order valence-electron chi connectivity index (χ0n) is 19.4. The average Bonchev–Trinajstić information content (AvgIpc) is 3.31. The molecule has 3 aromatic rings. The summed E-state index contributed by atoms with van der Waals surface area (Å²) in [6, 6.07) is 17.1. The van der Waals surface area contributed by atoms with Gasteiger partial charge in [0.1, 0.15) is 24.7 Å². The van der Waals surface area contributed by atoms with Gasteiger partial charge in [0.05, 0.1) is 12.5 Å². The molecule has 2 aromatic carbocycles. The molecular formula is C27H29FN2O3S. The predicted octanol–water partition coefficient (Wildman–Crippen LogP) is 4.87. The van der Waals surface area contributed by atoms with Crippen molar-refractivity contribution in [3.8, 4) is 5.75 Å². The Hall–Kier alpha value is -3.19. The summed E-state index contributed by atoms with van der Waals surface area (Å²) in [7, 11) is 0. The van der Waals surface area contributed by atoms with Crippen LogP contribution >= 0.6 is 11.3 Å². The van der Waals surface area contributed by atoms with Gasteiger partial charge in [-0.15, -0.1) is 11.3 Å². The minimum Gasteiger partial charge on any atom is -0.491 e. The second kappa shape index (κ2) is 10.8. The molecular weight excluding hydrogens is 451 g/mol. The molecule has 0 saturated carbocycles. The van der Waals surface area contributed by atoms with Crippen LogP contribution in [-0.2, 0) is 22.4 Å². The minimum absolute atomic E-state index is 0.0237. The Labute approximate surface area is 203 Å². The van der Waals surface area contributed by atoms with Gasteiger partial charge in [-0.25, -0.2) is 4.39 Å². The van der Waals surface area contributed by atoms with Crippen LogP contribution < -0.4 is 4.74 Å². The Morgan fingerprint density at radius 2 is 1.85 bits per heavy atom. The molecule has 1 aromatic heterocycles. The van der Waals surface area contributed by atoms with Gasteiger partial charge in [-0.3, -0.25) is 9.59 Å². The van der Waals surface area contributed by atoms with E-state index in [1.54, 1.807) is 28.4 Å². The topological polar surface area (TPSA) is 49.9 Å². The molecule has 0 aliphatic carbocycles. The number of rotatable bonds is 8. The zero-order valence-corrected chi connectivity index (χ0v) is 20.3. The van der Waals surface area contributed by atoms with Crippen LogP contribution in [0.25, 0.3) is 0 Å². The predicted molar refractivity (Wildman–Crippen MR) is 131 cm³/mol. The first-order valence-corrected chi connectivity index (χ1v) is 12.4. The van der Waals surface area contributed by atoms with E-state index in [-0.39, 0.29) is 49.3 Å². The van der Waals surface area contributed by atoms with Crippen molar-refractivity contribution in [3.05, 3.63) is 87.9 Å². The molecule has 7 heteroatoms. The van der Waals surface area contributed by atoms with Crippen molar-refractivity contribution >= 4 is 23.2 Å². The Morgan fingerprint density at radius 3 is 2.56 bits per heavy atom. The van der Waals surface area contributed by atoms with E-state index in [4.69, 9.17) is 4.74 Å². The molecule has 0 radical (unpaired) electrons. The number of benzene rings is 2. The number of nitrogens with zero attached hydrogens (tertiary/aromatic N) is 2. The third-order valence-corrected chi connectivity index (χ3v) is 7.08. The number of hydrogen-bond acceptors (Lipinski definition) is 4. The maximum atomic E-state index is 13.5. The van der Waals surface area contributed by atoms with Crippen molar-refractivity contribution in [2.24, 2.45) is 0 Å². The Balaban J connectivity index is 1.48. The Bertz CT molecular complexity index is 1110. The lowest BCUT2D eigenvalue weighted by Crippen LogP contribution is -2.49. The third kappa shape index (κ3) is 5.65. The lowest BCUT2D eigenvalue weighted by atomic mass is 10.00. The largest absolute Gasteiger partial charge is 0.491 e. The molecule has 0 bridgehead atoms. The highest BCUT2D eigenvalue weighted by atomic mass is 32.1. The first-order valence-electron chi connectivity index (χ1n) is 11.5. The molecule has 4 rings (SSSR count). The van der Waals surface area contributed by atoms with Crippen LogP contribution in [0, 0.1) is 5.82 Å². The number of ether oxygens (including phenoxy) is 1. The first kappa shape index (κ1) is 24.0. The summed E-state index contributed by atoms with van der Waals surface area (Å²) in [5, 5.41) is 2.04. The van der Waals surface area contributed by atoms with Gasteiger partial charge in [0.25, 0.3) is 0 Å². The molecule has 1 aliphatic heterocycles. The van der Waals surface area contributed by atoms with E-state index in [0.29, 0.717) is 12.3 Å². The lowest BCUT2D eigenvalue weighted by molar-refractivity contribution is -0.143. The molecule has 178 valence electrons. The molecule has 0 N–H and O–H groups in total. The third-order valence-electron chi connectivity index (χ3n) is 6.08. The number of hydrogen-bond donors (Lipinski definition) is 0. The summed E-state index contributed by atoms with van der Waals surface area (Å²) < 4.78 is 19.2. The molecule has 34 heavy (non-hydrogen) atoms. The van der Waals surface area contributed by atoms with E-state index in [2.05, 4.69) is 0 Å². The molecule has 2 amide bonds. The second-order valence-corrected chi connectivity index (χ2v) is 9.70. The molecule has 1 atom stereocenters. The first-order chi connectivity index (χ1) is 16.4. The number of amides is 2. The fourth-order valence-corrected chi connectivity index (χ4v) is 5.18. The molecule has 0 spiro atoms. The standard InChI is InChI=1S/C27H29FN2O3S/c1-19(2)30(26(31)16-20-6-4-3-5-7-20)17-27(32)29-14-12-25-23(13-15-34-25)24(29)18-33-22-10-8-21(28)9-11-22/h3-11,13,15,19,24H,12,14,16-18H2,1-2H3. The number of halogens is 1. The molecule has 2 heterocycles. The highest BCUT2D eigenvalue weighted by Gasteiger charge is 2.34. The highest BCUT2D eigenvalue weighted by molar-refractivity contribution is 7.10. The molecule has 5 nitrogen and oxygen atoms in total. The fraction of sp³-hybridized carbons (Fsp3) is 0.333. The number of thiophene rings is 1. The minimum atomic E-state index is -0.323. The van der Waals surface area contributed by atoms with Gasteiger partial charge in [-0.05, 0) is 67.1 Å². The van der Waals surface area contributed by atoms with Crippen molar-refractivity contribution in [1.29, 1.82) is 0 Å². The number of carbonyl (C=O) groups excluding carboxylic acids is 2. The zero-order chi connectivity index (χ0) is 24.1. The van der Waals surface area contributed by atoms with Crippen LogP contribution in [0.1, 0.15) is 35.9 Å². The smallest absolute Gasteiger partial charge is 0.242 e. The van der Waals surface area contributed by atoms with Gasteiger partial charge < -0.3 is 14.5 Å². The maximum absolute atomic E-state index is 13.5. The van der Waals surface area contributed by atoms with Gasteiger partial charge in [0, 0.05) is 17.5 Å². The Morgan fingerprint density at radius 1 is 1.12 bits per heavy atom. The van der Waals surface area contributed by atoms with Crippen LogP contribution in [0.15, 0.2) is 66.0 Å². The van der Waals surface area contributed by atoms with E-state index < -0.39 is 0 Å². The second-order valence-electron chi connectivity index (χ2n) is 8.69. The lowest BCUT2D eigenvalue weighted by Gasteiger charge is -2.37. The van der Waals surface area contributed by atoms with Gasteiger partial charge in [0.2, 0.25) is 11.8 Å². The summed E-state index contributed by atoms with van der Waals surface area (Å²) in [6.07, 6.45) is 1.05. The van der Waals surface area contributed by atoms with E-state index in [1.165, 1.54) is 17.0 Å². The van der Waals surface area contributed by atoms with Crippen molar-refractivity contribution < 1.29 is 18.7 Å². The summed E-state index contributed by atoms with van der Waals surface area (Å²) >= 11 is 1.68. The van der Waals surface area contributed by atoms with Gasteiger partial charge in [-0.1, -0.05) is 30.3 Å². The molecule has 0 saturated heterocycles.